The van der Waals surface area contributed by atoms with E-state index in [4.69, 9.17) is 0 Å². The van der Waals surface area contributed by atoms with Crippen LogP contribution in [0.25, 0.3) is 0 Å². The lowest BCUT2D eigenvalue weighted by atomic mass is 9.49. The van der Waals surface area contributed by atoms with E-state index in [1.165, 1.54) is 51.4 Å². The van der Waals surface area contributed by atoms with Gasteiger partial charge in [0.1, 0.15) is 0 Å². The van der Waals surface area contributed by atoms with E-state index < -0.39 is 0 Å². The Kier molecular flexibility index (Phi) is 3.76. The van der Waals surface area contributed by atoms with Crippen LogP contribution < -0.4 is 0 Å². The van der Waals surface area contributed by atoms with Crippen molar-refractivity contribution in [2.45, 2.75) is 111 Å². The van der Waals surface area contributed by atoms with Crippen LogP contribution in [0.5, 0.6) is 0 Å². The zero-order valence-electron chi connectivity index (χ0n) is 15.3. The molecule has 0 spiro atoms. The standard InChI is InChI=1S/C20H37N/c1-18(2,3)20(19(4,5)6)13-16-11-12-17(14-20)21(16)15-9-7-8-10-15/h15-17H,7-14H2,1-6H3. The molecule has 2 unspecified atom stereocenters. The molecule has 0 N–H and O–H groups in total. The first kappa shape index (κ1) is 15.8. The molecule has 21 heavy (non-hydrogen) atoms. The Hall–Kier alpha value is -0.0400. The van der Waals surface area contributed by atoms with E-state index in [-0.39, 0.29) is 0 Å². The van der Waals surface area contributed by atoms with Crippen LogP contribution in [0.4, 0.5) is 0 Å². The van der Waals surface area contributed by atoms with Gasteiger partial charge < -0.3 is 0 Å². The van der Waals surface area contributed by atoms with Crippen molar-refractivity contribution in [1.29, 1.82) is 0 Å². The van der Waals surface area contributed by atoms with Gasteiger partial charge in [-0.05, 0) is 54.8 Å². The van der Waals surface area contributed by atoms with Gasteiger partial charge >= 0.3 is 0 Å². The molecule has 3 rings (SSSR count). The van der Waals surface area contributed by atoms with E-state index in [2.05, 4.69) is 46.4 Å². The maximum atomic E-state index is 3.00. The van der Waals surface area contributed by atoms with Crippen LogP contribution in [0, 0.1) is 16.2 Å². The molecule has 3 aliphatic rings. The van der Waals surface area contributed by atoms with Gasteiger partial charge in [0, 0.05) is 18.1 Å². The summed E-state index contributed by atoms with van der Waals surface area (Å²) < 4.78 is 0. The third-order valence-corrected chi connectivity index (χ3v) is 7.46. The van der Waals surface area contributed by atoms with Gasteiger partial charge in [-0.3, -0.25) is 4.90 Å². The van der Waals surface area contributed by atoms with Crippen LogP contribution in [0.3, 0.4) is 0 Å². The minimum Gasteiger partial charge on any atom is -0.294 e. The zero-order chi connectivity index (χ0) is 15.5. The Balaban J connectivity index is 1.89. The van der Waals surface area contributed by atoms with Gasteiger partial charge in [0.05, 0.1) is 0 Å². The molecule has 1 nitrogen and oxygen atoms in total. The van der Waals surface area contributed by atoms with Crippen LogP contribution in [-0.4, -0.2) is 23.0 Å². The fourth-order valence-electron chi connectivity index (χ4n) is 6.43. The lowest BCUT2D eigenvalue weighted by molar-refractivity contribution is -0.114. The van der Waals surface area contributed by atoms with Crippen LogP contribution in [0.2, 0.25) is 0 Å². The minimum atomic E-state index is 0.411. The van der Waals surface area contributed by atoms with Crippen LogP contribution in [-0.2, 0) is 0 Å². The number of piperidine rings is 1. The quantitative estimate of drug-likeness (QED) is 0.605. The van der Waals surface area contributed by atoms with Crippen molar-refractivity contribution in [2.75, 3.05) is 0 Å². The fraction of sp³-hybridized carbons (Fsp3) is 1.00. The molecule has 1 heteroatoms. The van der Waals surface area contributed by atoms with Gasteiger partial charge in [-0.1, -0.05) is 54.4 Å². The first-order chi connectivity index (χ1) is 9.66. The molecule has 0 aromatic rings. The van der Waals surface area contributed by atoms with Gasteiger partial charge in [-0.25, -0.2) is 0 Å². The van der Waals surface area contributed by atoms with Gasteiger partial charge in [-0.15, -0.1) is 0 Å². The predicted molar refractivity (Wildman–Crippen MR) is 91.5 cm³/mol. The molecule has 2 saturated heterocycles. The summed E-state index contributed by atoms with van der Waals surface area (Å²) in [7, 11) is 0. The molecule has 1 aliphatic carbocycles. The summed E-state index contributed by atoms with van der Waals surface area (Å²) in [4.78, 5) is 3.00. The summed E-state index contributed by atoms with van der Waals surface area (Å²) in [5.41, 5.74) is 1.32. The summed E-state index contributed by atoms with van der Waals surface area (Å²) in [6.07, 6.45) is 11.7. The highest BCUT2D eigenvalue weighted by atomic mass is 15.3. The van der Waals surface area contributed by atoms with Crippen molar-refractivity contribution < 1.29 is 0 Å². The molecular formula is C20H37N. The van der Waals surface area contributed by atoms with Gasteiger partial charge in [0.15, 0.2) is 0 Å². The third-order valence-electron chi connectivity index (χ3n) is 7.46. The second kappa shape index (κ2) is 4.98. The second-order valence-electron chi connectivity index (χ2n) is 10.3. The highest BCUT2D eigenvalue weighted by Crippen LogP contribution is 2.63. The Morgan fingerprint density at radius 2 is 1.10 bits per heavy atom. The molecule has 2 aliphatic heterocycles. The number of hydrogen-bond donors (Lipinski definition) is 0. The molecule has 2 heterocycles. The average molecular weight is 292 g/mol. The number of nitrogens with zero attached hydrogens (tertiary/aromatic N) is 1. The third kappa shape index (κ3) is 2.38. The number of rotatable bonds is 1. The topological polar surface area (TPSA) is 3.24 Å². The molecule has 0 amide bonds. The predicted octanol–water partition coefficient (Wildman–Crippen LogP) is 5.63. The highest BCUT2D eigenvalue weighted by Gasteiger charge is 2.58. The molecule has 0 aromatic heterocycles. The molecule has 122 valence electrons. The van der Waals surface area contributed by atoms with Gasteiger partial charge in [0.25, 0.3) is 0 Å². The van der Waals surface area contributed by atoms with Gasteiger partial charge in [-0.2, -0.15) is 0 Å². The summed E-state index contributed by atoms with van der Waals surface area (Å²) in [6, 6.07) is 2.69. The van der Waals surface area contributed by atoms with Crippen molar-refractivity contribution in [2.24, 2.45) is 16.2 Å². The maximum Gasteiger partial charge on any atom is 0.0107 e. The lowest BCUT2D eigenvalue weighted by Gasteiger charge is -2.60. The first-order valence-electron chi connectivity index (χ1n) is 9.43. The fourth-order valence-corrected chi connectivity index (χ4v) is 6.43. The Morgan fingerprint density at radius 1 is 0.667 bits per heavy atom. The number of fused-ring (bicyclic) bond motifs is 2. The van der Waals surface area contributed by atoms with Crippen molar-refractivity contribution >= 4 is 0 Å². The molecule has 2 atom stereocenters. The minimum absolute atomic E-state index is 0.411. The largest absolute Gasteiger partial charge is 0.294 e. The van der Waals surface area contributed by atoms with E-state index in [1.807, 2.05) is 0 Å². The average Bonchev–Trinajstić information content (AvgIpc) is 2.92. The van der Waals surface area contributed by atoms with Crippen LogP contribution in [0.1, 0.15) is 92.9 Å². The molecule has 3 fully saturated rings. The Bertz CT molecular complexity index is 348. The van der Waals surface area contributed by atoms with Crippen LogP contribution in [0.15, 0.2) is 0 Å². The molecule has 1 saturated carbocycles. The van der Waals surface area contributed by atoms with E-state index in [1.54, 1.807) is 0 Å². The summed E-state index contributed by atoms with van der Waals surface area (Å²) in [5, 5.41) is 0. The monoisotopic (exact) mass is 291 g/mol. The van der Waals surface area contributed by atoms with Crippen molar-refractivity contribution in [1.82, 2.24) is 4.90 Å². The Labute approximate surface area is 132 Å². The van der Waals surface area contributed by atoms with Gasteiger partial charge in [0.2, 0.25) is 0 Å². The SMILES string of the molecule is CC(C)(C)C1(C(C)(C)C)CC2CCC(C1)N2C1CCCC1. The van der Waals surface area contributed by atoms with E-state index in [9.17, 15) is 0 Å². The molecule has 2 bridgehead atoms. The van der Waals surface area contributed by atoms with Crippen molar-refractivity contribution in [3.63, 3.8) is 0 Å². The lowest BCUT2D eigenvalue weighted by Crippen LogP contribution is -2.59. The summed E-state index contributed by atoms with van der Waals surface area (Å²) in [6.45, 7) is 15.0. The van der Waals surface area contributed by atoms with E-state index >= 15 is 0 Å². The van der Waals surface area contributed by atoms with E-state index in [0.717, 1.165) is 18.1 Å². The molecule has 0 radical (unpaired) electrons. The number of hydrogen-bond acceptors (Lipinski definition) is 1. The first-order valence-corrected chi connectivity index (χ1v) is 9.43. The Morgan fingerprint density at radius 3 is 1.48 bits per heavy atom. The second-order valence-corrected chi connectivity index (χ2v) is 10.3. The van der Waals surface area contributed by atoms with Crippen molar-refractivity contribution in [3.05, 3.63) is 0 Å². The molecular weight excluding hydrogens is 254 g/mol. The van der Waals surface area contributed by atoms with Crippen molar-refractivity contribution in [3.8, 4) is 0 Å². The summed E-state index contributed by atoms with van der Waals surface area (Å²) in [5.74, 6) is 0. The zero-order valence-corrected chi connectivity index (χ0v) is 15.3. The smallest absolute Gasteiger partial charge is 0.0107 e. The highest BCUT2D eigenvalue weighted by molar-refractivity contribution is 5.10. The summed E-state index contributed by atoms with van der Waals surface area (Å²) >= 11 is 0. The normalized spacial score (nSPS) is 34.6. The molecule has 0 aromatic carbocycles. The maximum absolute atomic E-state index is 3.00. The van der Waals surface area contributed by atoms with E-state index in [0.29, 0.717) is 16.2 Å². The van der Waals surface area contributed by atoms with Crippen LogP contribution >= 0.6 is 0 Å².